The van der Waals surface area contributed by atoms with Crippen LogP contribution in [0.3, 0.4) is 0 Å². The molecule has 0 saturated carbocycles. The third kappa shape index (κ3) is 4.31. The van der Waals surface area contributed by atoms with Gasteiger partial charge in [-0.3, -0.25) is 19.3 Å². The molecule has 2 unspecified atom stereocenters. The third-order valence-electron chi connectivity index (χ3n) is 6.29. The van der Waals surface area contributed by atoms with E-state index in [1.807, 2.05) is 37.3 Å². The van der Waals surface area contributed by atoms with Crippen molar-refractivity contribution in [3.05, 3.63) is 65.2 Å². The van der Waals surface area contributed by atoms with Gasteiger partial charge in [0.15, 0.2) is 5.78 Å². The summed E-state index contributed by atoms with van der Waals surface area (Å²) in [5.41, 5.74) is 1.94. The van der Waals surface area contributed by atoms with Crippen LogP contribution in [0.25, 0.3) is 0 Å². The topological polar surface area (TPSA) is 76.2 Å². The molecule has 2 aliphatic rings. The first-order valence-corrected chi connectivity index (χ1v) is 10.9. The Morgan fingerprint density at radius 2 is 1.78 bits per heavy atom. The Morgan fingerprint density at radius 3 is 2.44 bits per heavy atom. The molecule has 2 heterocycles. The lowest BCUT2D eigenvalue weighted by atomic mass is 9.85. The summed E-state index contributed by atoms with van der Waals surface area (Å²) < 4.78 is 10.6. The first kappa shape index (κ1) is 22.2. The molecule has 7 heteroatoms. The van der Waals surface area contributed by atoms with Gasteiger partial charge in [-0.25, -0.2) is 0 Å². The zero-order valence-electron chi connectivity index (χ0n) is 18.5. The van der Waals surface area contributed by atoms with Crippen molar-refractivity contribution in [2.45, 2.75) is 13.0 Å². The molecule has 2 aromatic rings. The number of amides is 1. The van der Waals surface area contributed by atoms with E-state index in [0.29, 0.717) is 43.2 Å². The van der Waals surface area contributed by atoms with Crippen molar-refractivity contribution >= 4 is 17.5 Å². The maximum absolute atomic E-state index is 13.6. The average molecular weight is 437 g/mol. The van der Waals surface area contributed by atoms with Gasteiger partial charge < -0.3 is 14.4 Å². The Balaban J connectivity index is 1.66. The molecule has 32 heavy (non-hydrogen) atoms. The lowest BCUT2D eigenvalue weighted by molar-refractivity contribution is -0.141. The summed E-state index contributed by atoms with van der Waals surface area (Å²) in [5.74, 6) is -1.98. The van der Waals surface area contributed by atoms with E-state index in [0.717, 1.165) is 18.7 Å². The SMILES string of the molecule is COc1ccc(C(=O)C2C(=O)C(=O)N(CCN3CCOCC3)C2c2ccccc2)c(C)c1. The van der Waals surface area contributed by atoms with E-state index in [1.165, 1.54) is 0 Å². The van der Waals surface area contributed by atoms with E-state index in [2.05, 4.69) is 4.90 Å². The number of carbonyl (C=O) groups excluding carboxylic acids is 3. The third-order valence-corrected chi connectivity index (χ3v) is 6.29. The van der Waals surface area contributed by atoms with Gasteiger partial charge in [0.2, 0.25) is 5.78 Å². The van der Waals surface area contributed by atoms with Crippen LogP contribution in [0.4, 0.5) is 0 Å². The van der Waals surface area contributed by atoms with Crippen molar-refractivity contribution in [1.29, 1.82) is 0 Å². The number of ketones is 2. The Morgan fingerprint density at radius 1 is 1.06 bits per heavy atom. The molecule has 4 rings (SSSR count). The molecule has 0 bridgehead atoms. The highest BCUT2D eigenvalue weighted by atomic mass is 16.5. The molecule has 7 nitrogen and oxygen atoms in total. The summed E-state index contributed by atoms with van der Waals surface area (Å²) in [6, 6.07) is 13.9. The number of likely N-dealkylation sites (tertiary alicyclic amines) is 1. The predicted octanol–water partition coefficient (Wildman–Crippen LogP) is 2.29. The van der Waals surface area contributed by atoms with Crippen LogP contribution in [0, 0.1) is 12.8 Å². The van der Waals surface area contributed by atoms with Crippen molar-refractivity contribution in [2.75, 3.05) is 46.5 Å². The average Bonchev–Trinajstić information content (AvgIpc) is 3.08. The van der Waals surface area contributed by atoms with Crippen LogP contribution in [-0.2, 0) is 14.3 Å². The number of Topliss-reactive ketones (excluding diaryl/α,β-unsaturated/α-hetero) is 2. The van der Waals surface area contributed by atoms with Gasteiger partial charge in [0.25, 0.3) is 5.91 Å². The van der Waals surface area contributed by atoms with E-state index in [9.17, 15) is 14.4 Å². The Hall–Kier alpha value is -3.03. The first-order valence-electron chi connectivity index (χ1n) is 10.9. The van der Waals surface area contributed by atoms with Crippen LogP contribution in [0.15, 0.2) is 48.5 Å². The van der Waals surface area contributed by atoms with Crippen LogP contribution < -0.4 is 4.74 Å². The molecule has 2 saturated heterocycles. The van der Waals surface area contributed by atoms with E-state index in [-0.39, 0.29) is 5.78 Å². The molecule has 0 radical (unpaired) electrons. The van der Waals surface area contributed by atoms with Gasteiger partial charge in [-0.15, -0.1) is 0 Å². The fourth-order valence-electron chi connectivity index (χ4n) is 4.53. The molecule has 168 valence electrons. The maximum Gasteiger partial charge on any atom is 0.291 e. The molecule has 1 amide bonds. The molecule has 0 aliphatic carbocycles. The second-order valence-corrected chi connectivity index (χ2v) is 8.20. The fraction of sp³-hybridized carbons (Fsp3) is 0.400. The first-order chi connectivity index (χ1) is 15.5. The second kappa shape index (κ2) is 9.63. The number of methoxy groups -OCH3 is 1. The normalized spacial score (nSPS) is 21.8. The van der Waals surface area contributed by atoms with Gasteiger partial charge in [-0.1, -0.05) is 30.3 Å². The number of morpholine rings is 1. The number of carbonyl (C=O) groups is 3. The van der Waals surface area contributed by atoms with Gasteiger partial charge in [0.05, 0.1) is 26.4 Å². The summed E-state index contributed by atoms with van der Waals surface area (Å²) in [6.07, 6.45) is 0. The molecule has 2 aliphatic heterocycles. The van der Waals surface area contributed by atoms with Crippen LogP contribution in [-0.4, -0.2) is 73.8 Å². The second-order valence-electron chi connectivity index (χ2n) is 8.20. The van der Waals surface area contributed by atoms with Crippen molar-refractivity contribution in [3.63, 3.8) is 0 Å². The standard InChI is InChI=1S/C25H28N2O5/c1-17-16-19(31-2)8-9-20(17)23(28)21-22(18-6-4-3-5-7-18)27(25(30)24(21)29)11-10-26-12-14-32-15-13-26/h3-9,16,21-22H,10-15H2,1-2H3. The lowest BCUT2D eigenvalue weighted by Crippen LogP contribution is -2.42. The predicted molar refractivity (Wildman–Crippen MR) is 119 cm³/mol. The summed E-state index contributed by atoms with van der Waals surface area (Å²) in [7, 11) is 1.56. The number of ether oxygens (including phenoxy) is 2. The monoisotopic (exact) mass is 436 g/mol. The minimum Gasteiger partial charge on any atom is -0.497 e. The highest BCUT2D eigenvalue weighted by molar-refractivity contribution is 6.44. The van der Waals surface area contributed by atoms with E-state index in [1.54, 1.807) is 30.2 Å². The van der Waals surface area contributed by atoms with Gasteiger partial charge in [0, 0.05) is 31.7 Å². The smallest absolute Gasteiger partial charge is 0.291 e. The zero-order valence-corrected chi connectivity index (χ0v) is 18.5. The van der Waals surface area contributed by atoms with E-state index in [4.69, 9.17) is 9.47 Å². The molecule has 0 aromatic heterocycles. The number of benzene rings is 2. The highest BCUT2D eigenvalue weighted by Crippen LogP contribution is 2.38. The lowest BCUT2D eigenvalue weighted by Gasteiger charge is -2.31. The van der Waals surface area contributed by atoms with Gasteiger partial charge >= 0.3 is 0 Å². The Kier molecular flexibility index (Phi) is 6.67. The number of rotatable bonds is 7. The highest BCUT2D eigenvalue weighted by Gasteiger charge is 2.51. The summed E-state index contributed by atoms with van der Waals surface area (Å²) in [4.78, 5) is 43.6. The number of nitrogens with zero attached hydrogens (tertiary/aromatic N) is 2. The number of hydrogen-bond donors (Lipinski definition) is 0. The molecular weight excluding hydrogens is 408 g/mol. The van der Waals surface area contributed by atoms with Gasteiger partial charge in [-0.2, -0.15) is 0 Å². The molecule has 2 fully saturated rings. The zero-order chi connectivity index (χ0) is 22.7. The summed E-state index contributed by atoms with van der Waals surface area (Å²) >= 11 is 0. The summed E-state index contributed by atoms with van der Waals surface area (Å²) in [6.45, 7) is 5.73. The minimum absolute atomic E-state index is 0.328. The minimum atomic E-state index is -1.07. The van der Waals surface area contributed by atoms with Crippen molar-refractivity contribution in [1.82, 2.24) is 9.80 Å². The van der Waals surface area contributed by atoms with E-state index < -0.39 is 23.7 Å². The maximum atomic E-state index is 13.6. The van der Waals surface area contributed by atoms with Crippen LogP contribution in [0.5, 0.6) is 5.75 Å². The Bertz CT molecular complexity index is 1000. The number of hydrogen-bond acceptors (Lipinski definition) is 6. The fourth-order valence-corrected chi connectivity index (χ4v) is 4.53. The molecular formula is C25H28N2O5. The Labute approximate surface area is 187 Å². The molecule has 0 N–H and O–H groups in total. The molecule has 2 aromatic carbocycles. The van der Waals surface area contributed by atoms with Crippen LogP contribution in [0.1, 0.15) is 27.5 Å². The van der Waals surface area contributed by atoms with Crippen molar-refractivity contribution in [2.24, 2.45) is 5.92 Å². The summed E-state index contributed by atoms with van der Waals surface area (Å²) in [5, 5.41) is 0. The quantitative estimate of drug-likeness (QED) is 0.377. The van der Waals surface area contributed by atoms with Crippen LogP contribution >= 0.6 is 0 Å². The number of aryl methyl sites for hydroxylation is 1. The van der Waals surface area contributed by atoms with Gasteiger partial charge in [0.1, 0.15) is 11.7 Å². The van der Waals surface area contributed by atoms with Gasteiger partial charge in [-0.05, 0) is 36.2 Å². The largest absolute Gasteiger partial charge is 0.497 e. The van der Waals surface area contributed by atoms with Crippen molar-refractivity contribution in [3.8, 4) is 5.75 Å². The molecule has 2 atom stereocenters. The molecule has 0 spiro atoms. The van der Waals surface area contributed by atoms with E-state index >= 15 is 0 Å². The van der Waals surface area contributed by atoms with Crippen LogP contribution in [0.2, 0.25) is 0 Å². The van der Waals surface area contributed by atoms with Crippen molar-refractivity contribution < 1.29 is 23.9 Å².